The number of hydrogen-bond acceptors (Lipinski definition) is 6. The van der Waals surface area contributed by atoms with Crippen LogP contribution < -0.4 is 14.2 Å². The fourth-order valence-electron chi connectivity index (χ4n) is 5.23. The molecular formula is C23H25N3O4. The van der Waals surface area contributed by atoms with Crippen molar-refractivity contribution in [1.82, 2.24) is 14.5 Å². The maximum atomic E-state index is 10.7. The third kappa shape index (κ3) is 3.18. The van der Waals surface area contributed by atoms with Crippen LogP contribution in [0.2, 0.25) is 0 Å². The Morgan fingerprint density at radius 3 is 2.83 bits per heavy atom. The molecule has 1 saturated carbocycles. The smallest absolute Gasteiger partial charge is 0.231 e. The summed E-state index contributed by atoms with van der Waals surface area (Å²) in [5, 5.41) is 15.2. The summed E-state index contributed by atoms with van der Waals surface area (Å²) in [6.07, 6.45) is 2.84. The van der Waals surface area contributed by atoms with Gasteiger partial charge in [-0.25, -0.2) is 4.52 Å². The SMILES string of the molecule is O[C@@H]1C[C@H]2CN(Cc3cccc4ccnn34)C[C@H]2C[C@H]1Oc1ccc2c(c1)OCO2. The zero-order chi connectivity index (χ0) is 20.1. The zero-order valence-electron chi connectivity index (χ0n) is 16.7. The minimum absolute atomic E-state index is 0.193. The molecule has 2 aromatic heterocycles. The first-order valence-electron chi connectivity index (χ1n) is 10.6. The maximum Gasteiger partial charge on any atom is 0.231 e. The summed E-state index contributed by atoms with van der Waals surface area (Å²) in [5.74, 6) is 3.21. The molecule has 30 heavy (non-hydrogen) atoms. The Morgan fingerprint density at radius 1 is 1.03 bits per heavy atom. The van der Waals surface area contributed by atoms with Crippen molar-refractivity contribution in [3.63, 3.8) is 0 Å². The summed E-state index contributed by atoms with van der Waals surface area (Å²) in [6.45, 7) is 3.15. The highest BCUT2D eigenvalue weighted by molar-refractivity contribution is 5.47. The first-order valence-corrected chi connectivity index (χ1v) is 10.6. The topological polar surface area (TPSA) is 68.5 Å². The second-order valence-electron chi connectivity index (χ2n) is 8.61. The van der Waals surface area contributed by atoms with E-state index in [1.54, 1.807) is 0 Å². The highest BCUT2D eigenvalue weighted by Crippen LogP contribution is 2.40. The molecule has 0 unspecified atom stereocenters. The quantitative estimate of drug-likeness (QED) is 0.717. The summed E-state index contributed by atoms with van der Waals surface area (Å²) in [7, 11) is 0. The number of aliphatic hydroxyl groups is 1. The Labute approximate surface area is 174 Å². The number of benzene rings is 1. The number of aliphatic hydroxyl groups excluding tert-OH is 1. The van der Waals surface area contributed by atoms with Crippen molar-refractivity contribution in [1.29, 1.82) is 0 Å². The number of likely N-dealkylation sites (tertiary alicyclic amines) is 1. The van der Waals surface area contributed by atoms with Crippen LogP contribution in [0.25, 0.3) is 5.52 Å². The second kappa shape index (κ2) is 7.18. The van der Waals surface area contributed by atoms with Crippen LogP contribution in [0.4, 0.5) is 0 Å². The van der Waals surface area contributed by atoms with Crippen molar-refractivity contribution in [2.45, 2.75) is 31.6 Å². The van der Waals surface area contributed by atoms with Gasteiger partial charge in [-0.15, -0.1) is 0 Å². The van der Waals surface area contributed by atoms with Gasteiger partial charge in [0.05, 0.1) is 17.3 Å². The van der Waals surface area contributed by atoms with E-state index in [1.807, 2.05) is 35.0 Å². The number of ether oxygens (including phenoxy) is 3. The monoisotopic (exact) mass is 407 g/mol. The lowest BCUT2D eigenvalue weighted by Crippen LogP contribution is -2.42. The maximum absolute atomic E-state index is 10.7. The van der Waals surface area contributed by atoms with Gasteiger partial charge in [0.25, 0.3) is 0 Å². The molecule has 7 nitrogen and oxygen atoms in total. The molecule has 0 spiro atoms. The Bertz CT molecular complexity index is 1070. The number of rotatable bonds is 4. The molecular weight excluding hydrogens is 382 g/mol. The molecule has 1 aromatic carbocycles. The van der Waals surface area contributed by atoms with Crippen molar-refractivity contribution in [2.24, 2.45) is 11.8 Å². The van der Waals surface area contributed by atoms with E-state index in [-0.39, 0.29) is 12.9 Å². The fourth-order valence-corrected chi connectivity index (χ4v) is 5.23. The largest absolute Gasteiger partial charge is 0.488 e. The van der Waals surface area contributed by atoms with Gasteiger partial charge < -0.3 is 19.3 Å². The predicted octanol–water partition coefficient (Wildman–Crippen LogP) is 2.71. The van der Waals surface area contributed by atoms with E-state index in [0.717, 1.165) is 49.5 Å². The van der Waals surface area contributed by atoms with E-state index in [0.29, 0.717) is 17.6 Å². The minimum atomic E-state index is -0.453. The van der Waals surface area contributed by atoms with Gasteiger partial charge in [0, 0.05) is 31.9 Å². The molecule has 0 amide bonds. The van der Waals surface area contributed by atoms with Gasteiger partial charge in [0.2, 0.25) is 6.79 Å². The van der Waals surface area contributed by atoms with E-state index in [2.05, 4.69) is 28.2 Å². The zero-order valence-corrected chi connectivity index (χ0v) is 16.7. The molecule has 3 aliphatic rings. The Balaban J connectivity index is 1.13. The summed E-state index contributed by atoms with van der Waals surface area (Å²) < 4.78 is 19.0. The van der Waals surface area contributed by atoms with E-state index < -0.39 is 6.10 Å². The van der Waals surface area contributed by atoms with Crippen molar-refractivity contribution in [3.8, 4) is 17.2 Å². The van der Waals surface area contributed by atoms with Gasteiger partial charge in [0.1, 0.15) is 11.9 Å². The lowest BCUT2D eigenvalue weighted by Gasteiger charge is -2.35. The number of pyridine rings is 1. The number of nitrogens with zero attached hydrogens (tertiary/aromatic N) is 3. The van der Waals surface area contributed by atoms with Crippen LogP contribution in [0, 0.1) is 11.8 Å². The van der Waals surface area contributed by atoms with Gasteiger partial charge in [-0.3, -0.25) is 4.90 Å². The Kier molecular flexibility index (Phi) is 4.32. The van der Waals surface area contributed by atoms with Gasteiger partial charge in [-0.05, 0) is 55.0 Å². The second-order valence-corrected chi connectivity index (χ2v) is 8.61. The normalized spacial score (nSPS) is 28.0. The first-order chi connectivity index (χ1) is 14.7. The molecule has 7 heteroatoms. The van der Waals surface area contributed by atoms with E-state index in [9.17, 15) is 5.11 Å². The van der Waals surface area contributed by atoms with Gasteiger partial charge in [-0.2, -0.15) is 5.10 Å². The lowest BCUT2D eigenvalue weighted by atomic mass is 9.78. The molecule has 2 fully saturated rings. The molecule has 1 saturated heterocycles. The third-order valence-corrected chi connectivity index (χ3v) is 6.68. The minimum Gasteiger partial charge on any atom is -0.488 e. The van der Waals surface area contributed by atoms with Gasteiger partial charge in [0.15, 0.2) is 11.5 Å². The van der Waals surface area contributed by atoms with Crippen molar-refractivity contribution in [3.05, 3.63) is 54.4 Å². The summed E-state index contributed by atoms with van der Waals surface area (Å²) in [4.78, 5) is 2.49. The number of fused-ring (bicyclic) bond motifs is 3. The van der Waals surface area contributed by atoms with Crippen LogP contribution in [0.3, 0.4) is 0 Å². The molecule has 4 atom stereocenters. The average Bonchev–Trinajstić information content (AvgIpc) is 3.47. The molecule has 0 radical (unpaired) electrons. The molecule has 0 bridgehead atoms. The van der Waals surface area contributed by atoms with Gasteiger partial charge in [-0.1, -0.05) is 6.07 Å². The Morgan fingerprint density at radius 2 is 1.90 bits per heavy atom. The molecule has 4 heterocycles. The number of hydrogen-bond donors (Lipinski definition) is 1. The van der Waals surface area contributed by atoms with Crippen LogP contribution in [0.5, 0.6) is 17.2 Å². The molecule has 1 N–H and O–H groups in total. The molecule has 2 aliphatic heterocycles. The van der Waals surface area contributed by atoms with E-state index in [4.69, 9.17) is 14.2 Å². The van der Waals surface area contributed by atoms with Crippen molar-refractivity contribution in [2.75, 3.05) is 19.9 Å². The summed E-state index contributed by atoms with van der Waals surface area (Å²) in [5.41, 5.74) is 2.32. The predicted molar refractivity (Wildman–Crippen MR) is 110 cm³/mol. The first kappa shape index (κ1) is 18.0. The van der Waals surface area contributed by atoms with Crippen LogP contribution in [-0.4, -0.2) is 51.7 Å². The standard InChI is InChI=1S/C23H25N3O4/c27-20-8-15-11-25(13-18-3-1-2-17-6-7-24-26(17)18)12-16(15)9-22(20)30-19-4-5-21-23(10-19)29-14-28-21/h1-7,10,15-16,20,22,27H,8-9,11-14H2/t15-,16+,20+,22+/m0/s1. The molecule has 3 aromatic rings. The van der Waals surface area contributed by atoms with Crippen LogP contribution >= 0.6 is 0 Å². The summed E-state index contributed by atoms with van der Waals surface area (Å²) in [6, 6.07) is 13.9. The van der Waals surface area contributed by atoms with E-state index >= 15 is 0 Å². The Hall–Kier alpha value is -2.77. The van der Waals surface area contributed by atoms with Crippen LogP contribution in [0.15, 0.2) is 48.7 Å². The van der Waals surface area contributed by atoms with E-state index in [1.165, 1.54) is 5.69 Å². The van der Waals surface area contributed by atoms with Crippen molar-refractivity contribution >= 4 is 5.52 Å². The highest BCUT2D eigenvalue weighted by atomic mass is 16.7. The fraction of sp³-hybridized carbons (Fsp3) is 0.435. The lowest BCUT2D eigenvalue weighted by molar-refractivity contribution is -0.0232. The molecule has 6 rings (SSSR count). The van der Waals surface area contributed by atoms with Crippen molar-refractivity contribution < 1.29 is 19.3 Å². The molecule has 156 valence electrons. The highest BCUT2D eigenvalue weighted by Gasteiger charge is 2.42. The number of aromatic nitrogens is 2. The summed E-state index contributed by atoms with van der Waals surface area (Å²) >= 11 is 0. The molecule has 1 aliphatic carbocycles. The van der Waals surface area contributed by atoms with Crippen LogP contribution in [-0.2, 0) is 6.54 Å². The third-order valence-electron chi connectivity index (χ3n) is 6.68. The van der Waals surface area contributed by atoms with Crippen LogP contribution in [0.1, 0.15) is 18.5 Å². The average molecular weight is 407 g/mol. The van der Waals surface area contributed by atoms with Gasteiger partial charge >= 0.3 is 0 Å².